The minimum atomic E-state index is -3.90. The molecule has 0 aliphatic heterocycles. The number of aromatic hydroxyl groups is 1. The normalized spacial score (nSPS) is 12.0. The van der Waals surface area contributed by atoms with Crippen LogP contribution in [0.1, 0.15) is 26.3 Å². The van der Waals surface area contributed by atoms with Crippen LogP contribution in [0, 0.1) is 0 Å². The summed E-state index contributed by atoms with van der Waals surface area (Å²) in [5.41, 5.74) is 0.388. The molecular weight excluding hydrogens is 363 g/mol. The highest BCUT2D eigenvalue weighted by molar-refractivity contribution is 7.60. The highest BCUT2D eigenvalue weighted by atomic mass is 31.2. The van der Waals surface area contributed by atoms with E-state index >= 15 is 0 Å². The predicted molar refractivity (Wildman–Crippen MR) is 96.7 cm³/mol. The molecule has 1 aromatic carbocycles. The molecular formula is C17H25O8P. The van der Waals surface area contributed by atoms with Crippen LogP contribution in [0.15, 0.2) is 17.4 Å². The molecule has 0 atom stereocenters. The zero-order valence-corrected chi connectivity index (χ0v) is 16.5. The molecule has 0 unspecified atom stereocenters. The summed E-state index contributed by atoms with van der Waals surface area (Å²) in [4.78, 5) is 12.4. The number of esters is 1. The van der Waals surface area contributed by atoms with Crippen LogP contribution in [0.3, 0.4) is 0 Å². The summed E-state index contributed by atoms with van der Waals surface area (Å²) in [5, 5.41) is 9.75. The van der Waals surface area contributed by atoms with Gasteiger partial charge in [-0.15, -0.1) is 0 Å². The molecule has 1 N–H and O–H groups in total. The molecule has 0 aromatic heterocycles. The number of carbonyl (C=O) groups excluding carboxylic acids is 1. The first kappa shape index (κ1) is 22.0. The number of methoxy groups -OCH3 is 2. The van der Waals surface area contributed by atoms with Crippen molar-refractivity contribution in [1.82, 2.24) is 0 Å². The fourth-order valence-electron chi connectivity index (χ4n) is 2.13. The number of rotatable bonds is 10. The molecule has 0 saturated carbocycles. The van der Waals surface area contributed by atoms with Gasteiger partial charge in [0, 0.05) is 0 Å². The third kappa shape index (κ3) is 5.24. The molecule has 0 spiro atoms. The molecule has 0 fully saturated rings. The Morgan fingerprint density at radius 2 is 1.54 bits per heavy atom. The van der Waals surface area contributed by atoms with Gasteiger partial charge >= 0.3 is 13.6 Å². The van der Waals surface area contributed by atoms with Crippen molar-refractivity contribution in [2.75, 3.05) is 34.0 Å². The lowest BCUT2D eigenvalue weighted by Gasteiger charge is -2.19. The standard InChI is InChI=1S/C17H25O8P/c1-6-23-17(19)15(26(20,24-7-2)25-8-3)11-12-9-13(21-4)16(18)14(10-12)22-5/h9-11,18H,6-8H2,1-5H3. The quantitative estimate of drug-likeness (QED) is 0.369. The van der Waals surface area contributed by atoms with E-state index in [1.165, 1.54) is 32.4 Å². The number of carbonyl (C=O) groups is 1. The van der Waals surface area contributed by atoms with E-state index in [0.717, 1.165) is 0 Å². The Morgan fingerprint density at radius 3 is 1.92 bits per heavy atom. The van der Waals surface area contributed by atoms with Gasteiger partial charge in [-0.25, -0.2) is 4.79 Å². The largest absolute Gasteiger partial charge is 0.502 e. The van der Waals surface area contributed by atoms with Gasteiger partial charge in [0.2, 0.25) is 5.75 Å². The summed E-state index contributed by atoms with van der Waals surface area (Å²) in [6, 6.07) is 2.92. The molecule has 0 radical (unpaired) electrons. The number of phenolic OH excluding ortho intramolecular Hbond substituents is 1. The smallest absolute Gasteiger partial charge is 0.368 e. The van der Waals surface area contributed by atoms with Gasteiger partial charge < -0.3 is 28.4 Å². The van der Waals surface area contributed by atoms with E-state index < -0.39 is 13.6 Å². The third-order valence-electron chi connectivity index (χ3n) is 3.18. The Kier molecular flexibility index (Phi) is 8.65. The van der Waals surface area contributed by atoms with Crippen LogP contribution in [0.25, 0.3) is 6.08 Å². The van der Waals surface area contributed by atoms with Gasteiger partial charge in [0.1, 0.15) is 5.31 Å². The summed E-state index contributed by atoms with van der Waals surface area (Å²) in [6.45, 7) is 5.17. The zero-order chi connectivity index (χ0) is 19.7. The van der Waals surface area contributed by atoms with Gasteiger partial charge in [-0.2, -0.15) is 0 Å². The number of benzene rings is 1. The molecule has 0 saturated heterocycles. The zero-order valence-electron chi connectivity index (χ0n) is 15.6. The Labute approximate surface area is 153 Å². The van der Waals surface area contributed by atoms with Crippen molar-refractivity contribution >= 4 is 19.6 Å². The fourth-order valence-corrected chi connectivity index (χ4v) is 3.75. The lowest BCUT2D eigenvalue weighted by molar-refractivity contribution is -0.137. The number of ether oxygens (including phenoxy) is 3. The highest BCUT2D eigenvalue weighted by Crippen LogP contribution is 2.57. The molecule has 0 bridgehead atoms. The molecule has 9 heteroatoms. The molecule has 0 amide bonds. The van der Waals surface area contributed by atoms with Crippen molar-refractivity contribution in [3.8, 4) is 17.2 Å². The summed E-state index contributed by atoms with van der Waals surface area (Å²) >= 11 is 0. The molecule has 8 nitrogen and oxygen atoms in total. The van der Waals surface area contributed by atoms with E-state index in [1.807, 2.05) is 0 Å². The SMILES string of the molecule is CCOC(=O)C(=Cc1cc(OC)c(O)c(OC)c1)P(=O)(OCC)OCC. The van der Waals surface area contributed by atoms with E-state index in [2.05, 4.69) is 0 Å². The first-order chi connectivity index (χ1) is 12.4. The van der Waals surface area contributed by atoms with Gasteiger partial charge in [-0.1, -0.05) is 0 Å². The van der Waals surface area contributed by atoms with Crippen LogP contribution in [0.2, 0.25) is 0 Å². The van der Waals surface area contributed by atoms with Gasteiger partial charge in [-0.3, -0.25) is 4.57 Å². The van der Waals surface area contributed by atoms with Crippen molar-refractivity contribution in [2.45, 2.75) is 20.8 Å². The van der Waals surface area contributed by atoms with Crippen molar-refractivity contribution in [3.05, 3.63) is 23.0 Å². The lowest BCUT2D eigenvalue weighted by Crippen LogP contribution is -2.11. The van der Waals surface area contributed by atoms with Crippen LogP contribution in [0.5, 0.6) is 17.2 Å². The lowest BCUT2D eigenvalue weighted by atomic mass is 10.1. The van der Waals surface area contributed by atoms with Crippen LogP contribution < -0.4 is 9.47 Å². The summed E-state index contributed by atoms with van der Waals surface area (Å²) < 4.78 is 38.8. The van der Waals surface area contributed by atoms with E-state index in [9.17, 15) is 14.5 Å². The minimum Gasteiger partial charge on any atom is -0.502 e. The maximum Gasteiger partial charge on any atom is 0.368 e. The van der Waals surface area contributed by atoms with Crippen molar-refractivity contribution < 1.29 is 37.7 Å². The van der Waals surface area contributed by atoms with Gasteiger partial charge in [-0.05, 0) is 44.5 Å². The van der Waals surface area contributed by atoms with Crippen LogP contribution in [0.4, 0.5) is 0 Å². The Balaban J connectivity index is 3.56. The summed E-state index contributed by atoms with van der Waals surface area (Å²) in [7, 11) is -1.15. The number of hydrogen-bond acceptors (Lipinski definition) is 8. The number of phenols is 1. The van der Waals surface area contributed by atoms with Crippen molar-refractivity contribution in [3.63, 3.8) is 0 Å². The second kappa shape index (κ2) is 10.2. The van der Waals surface area contributed by atoms with E-state index in [4.69, 9.17) is 23.3 Å². The predicted octanol–water partition coefficient (Wildman–Crippen LogP) is 3.58. The fraction of sp³-hybridized carbons (Fsp3) is 0.471. The van der Waals surface area contributed by atoms with Crippen molar-refractivity contribution in [1.29, 1.82) is 0 Å². The molecule has 1 aromatic rings. The summed E-state index contributed by atoms with van der Waals surface area (Å²) in [5.74, 6) is -0.755. The monoisotopic (exact) mass is 388 g/mol. The van der Waals surface area contributed by atoms with Crippen LogP contribution >= 0.6 is 7.60 Å². The average Bonchev–Trinajstić information content (AvgIpc) is 2.61. The molecule has 0 heterocycles. The molecule has 26 heavy (non-hydrogen) atoms. The molecule has 1 rings (SSSR count). The average molecular weight is 388 g/mol. The van der Waals surface area contributed by atoms with Crippen LogP contribution in [-0.4, -0.2) is 45.1 Å². The minimum absolute atomic E-state index is 0.0796. The van der Waals surface area contributed by atoms with E-state index in [-0.39, 0.29) is 42.4 Å². The maximum atomic E-state index is 13.1. The molecule has 146 valence electrons. The number of hydrogen-bond donors (Lipinski definition) is 1. The second-order valence-electron chi connectivity index (χ2n) is 4.86. The Hall–Kier alpha value is -2.02. The molecule has 0 aliphatic rings. The highest BCUT2D eigenvalue weighted by Gasteiger charge is 2.36. The second-order valence-corrected chi connectivity index (χ2v) is 6.85. The van der Waals surface area contributed by atoms with E-state index in [0.29, 0.717) is 5.56 Å². The first-order valence-corrected chi connectivity index (χ1v) is 9.64. The maximum absolute atomic E-state index is 13.1. The third-order valence-corrected chi connectivity index (χ3v) is 5.28. The van der Waals surface area contributed by atoms with Crippen molar-refractivity contribution in [2.24, 2.45) is 0 Å². The van der Waals surface area contributed by atoms with E-state index in [1.54, 1.807) is 20.8 Å². The Bertz CT molecular complexity index is 663. The topological polar surface area (TPSA) is 101 Å². The first-order valence-electron chi connectivity index (χ1n) is 8.10. The van der Waals surface area contributed by atoms with Gasteiger partial charge in [0.15, 0.2) is 11.5 Å². The van der Waals surface area contributed by atoms with Crippen LogP contribution in [-0.2, 0) is 23.1 Å². The van der Waals surface area contributed by atoms with Gasteiger partial charge in [0.25, 0.3) is 0 Å². The summed E-state index contributed by atoms with van der Waals surface area (Å²) in [6.07, 6.45) is 1.31. The Morgan fingerprint density at radius 1 is 1.04 bits per heavy atom. The van der Waals surface area contributed by atoms with Gasteiger partial charge in [0.05, 0.1) is 34.0 Å². The molecule has 0 aliphatic carbocycles.